The molecular formula is C35H52N2O3. The predicted octanol–water partition coefficient (Wildman–Crippen LogP) is 7.05. The first-order valence-electron chi connectivity index (χ1n) is 16.4. The zero-order valence-corrected chi connectivity index (χ0v) is 25.4. The lowest BCUT2D eigenvalue weighted by Gasteiger charge is -2.58. The largest absolute Gasteiger partial charge is 0.490 e. The lowest BCUT2D eigenvalue weighted by Crippen LogP contribution is -2.50. The quantitative estimate of drug-likeness (QED) is 0.387. The van der Waals surface area contributed by atoms with Crippen molar-refractivity contribution in [3.63, 3.8) is 0 Å². The van der Waals surface area contributed by atoms with Crippen LogP contribution in [0.4, 0.5) is 0 Å². The molecule has 1 aromatic heterocycles. The number of allylic oxidation sites excluding steroid dienone is 1. The lowest BCUT2D eigenvalue weighted by atomic mass is 9.47. The van der Waals surface area contributed by atoms with Gasteiger partial charge in [0.25, 0.3) is 0 Å². The number of pyridine rings is 1. The van der Waals surface area contributed by atoms with Gasteiger partial charge < -0.3 is 14.7 Å². The molecule has 4 fully saturated rings. The van der Waals surface area contributed by atoms with E-state index in [2.05, 4.69) is 43.7 Å². The number of aliphatic hydroxyl groups is 1. The topological polar surface area (TPSA) is 62.7 Å². The minimum atomic E-state index is -0.126. The van der Waals surface area contributed by atoms with Gasteiger partial charge in [-0.2, -0.15) is 0 Å². The molecule has 1 saturated heterocycles. The zero-order chi connectivity index (χ0) is 28.1. The smallest absolute Gasteiger partial charge is 0.222 e. The summed E-state index contributed by atoms with van der Waals surface area (Å²) in [4.78, 5) is 19.5. The van der Waals surface area contributed by atoms with Gasteiger partial charge in [-0.1, -0.05) is 39.3 Å². The van der Waals surface area contributed by atoms with E-state index in [4.69, 9.17) is 4.74 Å². The Balaban J connectivity index is 1.03. The molecule has 1 unspecified atom stereocenters. The van der Waals surface area contributed by atoms with E-state index in [1.807, 2.05) is 12.1 Å². The minimum absolute atomic E-state index is 0.126. The Morgan fingerprint density at radius 2 is 1.93 bits per heavy atom. The molecule has 220 valence electrons. The van der Waals surface area contributed by atoms with Gasteiger partial charge in [0.1, 0.15) is 11.9 Å². The molecule has 5 aliphatic rings. The fourth-order valence-corrected chi connectivity index (χ4v) is 10.4. The number of fused-ring (bicyclic) bond motifs is 5. The van der Waals surface area contributed by atoms with Crippen LogP contribution >= 0.6 is 0 Å². The lowest BCUT2D eigenvalue weighted by molar-refractivity contribution is -0.135. The highest BCUT2D eigenvalue weighted by Gasteiger charge is 2.59. The minimum Gasteiger partial charge on any atom is -0.490 e. The van der Waals surface area contributed by atoms with Crippen LogP contribution in [0.3, 0.4) is 0 Å². The molecule has 1 aliphatic heterocycles. The SMILES string of the molecule is CC(CCC(=O)N1CC[C@H](Oc2ccncc2)[C@@H](C)C1)[C@H]1CC[C@H]2[C@@H]3CC=C4C[C@@H](O)CC[C@]4(C)[C@H]3CC[C@]12C. The number of rotatable bonds is 6. The van der Waals surface area contributed by atoms with Gasteiger partial charge in [-0.05, 0) is 110 Å². The standard InChI is InChI=1S/C35H52N2O3/c1-23(5-10-33(39)37-20-15-32(24(2)22-37)40-27-13-18-36-19-14-27)29-8-9-30-28-7-6-25-21-26(38)11-16-34(25,3)31(28)12-17-35(29,30)4/h6,13-14,18-19,23-24,26,28-32,38H,5,7-12,15-17,20-22H2,1-4H3/t23?,24-,26-,28-,29+,30-,31-,32-,34-,35+/m0/s1. The zero-order valence-electron chi connectivity index (χ0n) is 25.4. The summed E-state index contributed by atoms with van der Waals surface area (Å²) in [5.41, 5.74) is 2.30. The van der Waals surface area contributed by atoms with Crippen molar-refractivity contribution in [3.05, 3.63) is 36.2 Å². The van der Waals surface area contributed by atoms with Crippen molar-refractivity contribution in [1.82, 2.24) is 9.88 Å². The van der Waals surface area contributed by atoms with E-state index in [1.165, 1.54) is 32.1 Å². The van der Waals surface area contributed by atoms with E-state index >= 15 is 0 Å². The van der Waals surface area contributed by atoms with E-state index in [0.29, 0.717) is 35.0 Å². The summed E-state index contributed by atoms with van der Waals surface area (Å²) in [6.07, 6.45) is 18.4. The van der Waals surface area contributed by atoms with Gasteiger partial charge in [-0.15, -0.1) is 0 Å². The van der Waals surface area contributed by atoms with Crippen molar-refractivity contribution in [2.45, 2.75) is 111 Å². The summed E-state index contributed by atoms with van der Waals surface area (Å²) in [6.45, 7) is 11.4. The second-order valence-corrected chi connectivity index (χ2v) is 14.8. The van der Waals surface area contributed by atoms with Crippen molar-refractivity contribution in [2.24, 2.45) is 46.3 Å². The first-order valence-corrected chi connectivity index (χ1v) is 16.4. The Kier molecular flexibility index (Phi) is 7.82. The molecule has 1 N–H and O–H groups in total. The number of nitrogens with zero attached hydrogens (tertiary/aromatic N) is 2. The molecule has 10 atom stereocenters. The van der Waals surface area contributed by atoms with Crippen molar-refractivity contribution in [3.8, 4) is 5.75 Å². The van der Waals surface area contributed by atoms with Crippen LogP contribution in [0.15, 0.2) is 36.2 Å². The molecule has 0 bridgehead atoms. The van der Waals surface area contributed by atoms with Crippen molar-refractivity contribution in [1.29, 1.82) is 0 Å². The predicted molar refractivity (Wildman–Crippen MR) is 159 cm³/mol. The number of carbonyl (C=O) groups is 1. The van der Waals surface area contributed by atoms with Gasteiger partial charge in [0, 0.05) is 44.2 Å². The monoisotopic (exact) mass is 548 g/mol. The molecule has 0 spiro atoms. The van der Waals surface area contributed by atoms with Gasteiger partial charge in [0.05, 0.1) is 6.10 Å². The Hall–Kier alpha value is -1.88. The van der Waals surface area contributed by atoms with Crippen molar-refractivity contribution < 1.29 is 14.6 Å². The fraction of sp³-hybridized carbons (Fsp3) is 0.771. The van der Waals surface area contributed by atoms with Gasteiger partial charge in [0.2, 0.25) is 5.91 Å². The summed E-state index contributed by atoms with van der Waals surface area (Å²) in [7, 11) is 0. The third-order valence-corrected chi connectivity index (χ3v) is 12.8. The van der Waals surface area contributed by atoms with Crippen LogP contribution in [0.5, 0.6) is 5.75 Å². The number of aromatic nitrogens is 1. The first-order chi connectivity index (χ1) is 19.2. The molecule has 0 aromatic carbocycles. The summed E-state index contributed by atoms with van der Waals surface area (Å²) in [5.74, 6) is 5.27. The fourth-order valence-electron chi connectivity index (χ4n) is 10.4. The molecule has 2 heterocycles. The number of hydrogen-bond donors (Lipinski definition) is 1. The number of aliphatic hydroxyl groups excluding tert-OH is 1. The number of ether oxygens (including phenoxy) is 1. The molecule has 6 rings (SSSR count). The number of carbonyl (C=O) groups excluding carboxylic acids is 1. The van der Waals surface area contributed by atoms with E-state index in [9.17, 15) is 9.90 Å². The van der Waals surface area contributed by atoms with Crippen LogP contribution in [0, 0.1) is 46.3 Å². The molecule has 4 aliphatic carbocycles. The van der Waals surface area contributed by atoms with Gasteiger partial charge in [0.15, 0.2) is 0 Å². The summed E-state index contributed by atoms with van der Waals surface area (Å²) >= 11 is 0. The molecule has 3 saturated carbocycles. The maximum atomic E-state index is 13.3. The molecule has 1 amide bonds. The third kappa shape index (κ3) is 5.03. The third-order valence-electron chi connectivity index (χ3n) is 12.8. The van der Waals surface area contributed by atoms with Crippen LogP contribution in [0.1, 0.15) is 98.3 Å². The van der Waals surface area contributed by atoms with Gasteiger partial charge in [-0.3, -0.25) is 9.78 Å². The van der Waals surface area contributed by atoms with Gasteiger partial charge in [-0.25, -0.2) is 0 Å². The Morgan fingerprint density at radius 1 is 1.12 bits per heavy atom. The normalized spacial score (nSPS) is 41.8. The van der Waals surface area contributed by atoms with Gasteiger partial charge >= 0.3 is 0 Å². The number of piperidine rings is 1. The molecule has 40 heavy (non-hydrogen) atoms. The highest BCUT2D eigenvalue weighted by Crippen LogP contribution is 2.67. The highest BCUT2D eigenvalue weighted by molar-refractivity contribution is 5.76. The van der Waals surface area contributed by atoms with Crippen molar-refractivity contribution in [2.75, 3.05) is 13.1 Å². The second kappa shape index (κ2) is 11.1. The van der Waals surface area contributed by atoms with E-state index < -0.39 is 0 Å². The van der Waals surface area contributed by atoms with Crippen molar-refractivity contribution >= 4 is 5.91 Å². The first kappa shape index (κ1) is 28.2. The number of amides is 1. The molecule has 0 radical (unpaired) electrons. The Morgan fingerprint density at radius 3 is 2.70 bits per heavy atom. The summed E-state index contributed by atoms with van der Waals surface area (Å²) in [6, 6.07) is 3.83. The molecule has 1 aromatic rings. The average Bonchev–Trinajstić information content (AvgIpc) is 3.31. The Bertz CT molecular complexity index is 1090. The average molecular weight is 549 g/mol. The maximum Gasteiger partial charge on any atom is 0.222 e. The molecule has 5 nitrogen and oxygen atoms in total. The van der Waals surface area contributed by atoms with E-state index in [-0.39, 0.29) is 12.2 Å². The number of hydrogen-bond acceptors (Lipinski definition) is 4. The second-order valence-electron chi connectivity index (χ2n) is 14.8. The van der Waals surface area contributed by atoms with E-state index in [0.717, 1.165) is 74.6 Å². The van der Waals surface area contributed by atoms with E-state index in [1.54, 1.807) is 18.0 Å². The summed E-state index contributed by atoms with van der Waals surface area (Å²) < 4.78 is 6.21. The van der Waals surface area contributed by atoms with Crippen LogP contribution in [-0.4, -0.2) is 46.2 Å². The van der Waals surface area contributed by atoms with Crippen LogP contribution in [0.2, 0.25) is 0 Å². The van der Waals surface area contributed by atoms with Crippen LogP contribution in [0.25, 0.3) is 0 Å². The van der Waals surface area contributed by atoms with Crippen LogP contribution < -0.4 is 4.74 Å². The molecule has 5 heteroatoms. The highest BCUT2D eigenvalue weighted by atomic mass is 16.5. The Labute approximate surface area is 242 Å². The van der Waals surface area contributed by atoms with Crippen LogP contribution in [-0.2, 0) is 4.79 Å². The molecular weight excluding hydrogens is 496 g/mol. The summed E-state index contributed by atoms with van der Waals surface area (Å²) in [5, 5.41) is 10.3. The number of likely N-dealkylation sites (tertiary alicyclic amines) is 1. The maximum absolute atomic E-state index is 13.3.